The first kappa shape index (κ1) is 14.9. The van der Waals surface area contributed by atoms with E-state index in [4.69, 9.17) is 9.84 Å². The van der Waals surface area contributed by atoms with Gasteiger partial charge in [-0.15, -0.1) is 0 Å². The molecule has 0 radical (unpaired) electrons. The smallest absolute Gasteiger partial charge is 0.335 e. The van der Waals surface area contributed by atoms with Crippen LogP contribution < -0.4 is 10.1 Å². The molecule has 1 aromatic rings. The summed E-state index contributed by atoms with van der Waals surface area (Å²) < 4.78 is 5.18. The third-order valence-electron chi connectivity index (χ3n) is 5.05. The number of carbonyl (C=O) groups excluding carboxylic acids is 1. The number of methoxy groups -OCH3 is 1. The van der Waals surface area contributed by atoms with Crippen LogP contribution in [0.3, 0.4) is 0 Å². The number of carboxylic acids is 1. The van der Waals surface area contributed by atoms with Gasteiger partial charge in [-0.2, -0.15) is 0 Å². The molecule has 3 atom stereocenters. The minimum atomic E-state index is -1.02. The van der Waals surface area contributed by atoms with Gasteiger partial charge in [0.2, 0.25) is 5.91 Å². The second-order valence-corrected chi connectivity index (χ2v) is 6.41. The zero-order valence-corrected chi connectivity index (χ0v) is 12.7. The Bertz CT molecular complexity index is 598. The van der Waals surface area contributed by atoms with Crippen molar-refractivity contribution in [3.63, 3.8) is 0 Å². The highest BCUT2D eigenvalue weighted by atomic mass is 16.5. The number of carbonyl (C=O) groups is 2. The zero-order chi connectivity index (χ0) is 15.7. The van der Waals surface area contributed by atoms with Crippen LogP contribution in [0.15, 0.2) is 18.2 Å². The van der Waals surface area contributed by atoms with Gasteiger partial charge < -0.3 is 15.2 Å². The fraction of sp³-hybridized carbons (Fsp3) is 0.529. The van der Waals surface area contributed by atoms with Crippen molar-refractivity contribution in [2.45, 2.75) is 32.1 Å². The van der Waals surface area contributed by atoms with Crippen LogP contribution in [0.25, 0.3) is 0 Å². The van der Waals surface area contributed by atoms with Crippen molar-refractivity contribution >= 4 is 17.6 Å². The Morgan fingerprint density at radius 2 is 2.14 bits per heavy atom. The number of carboxylic acid groups (broad SMARTS) is 1. The Morgan fingerprint density at radius 3 is 2.73 bits per heavy atom. The molecular weight excluding hydrogens is 282 g/mol. The van der Waals surface area contributed by atoms with Crippen LogP contribution in [0, 0.1) is 17.8 Å². The summed E-state index contributed by atoms with van der Waals surface area (Å²) in [5.74, 6) is 1.39. The Kier molecular flexibility index (Phi) is 4.05. The van der Waals surface area contributed by atoms with Gasteiger partial charge >= 0.3 is 5.97 Å². The second-order valence-electron chi connectivity index (χ2n) is 6.41. The topological polar surface area (TPSA) is 75.6 Å². The van der Waals surface area contributed by atoms with Gasteiger partial charge in [-0.05, 0) is 55.2 Å². The number of nitrogens with one attached hydrogen (secondary N) is 1. The maximum Gasteiger partial charge on any atom is 0.335 e. The van der Waals surface area contributed by atoms with Crippen molar-refractivity contribution in [3.05, 3.63) is 23.8 Å². The summed E-state index contributed by atoms with van der Waals surface area (Å²) in [4.78, 5) is 23.2. The van der Waals surface area contributed by atoms with E-state index in [9.17, 15) is 9.59 Å². The number of aromatic carboxylic acids is 1. The van der Waals surface area contributed by atoms with Crippen LogP contribution in [0.4, 0.5) is 5.69 Å². The van der Waals surface area contributed by atoms with Gasteiger partial charge in [-0.25, -0.2) is 4.79 Å². The van der Waals surface area contributed by atoms with Gasteiger partial charge in [0.1, 0.15) is 5.75 Å². The van der Waals surface area contributed by atoms with Gasteiger partial charge in [0.25, 0.3) is 0 Å². The summed E-state index contributed by atoms with van der Waals surface area (Å²) >= 11 is 0. The molecule has 2 N–H and O–H groups in total. The van der Waals surface area contributed by atoms with Crippen LogP contribution in [0.2, 0.25) is 0 Å². The number of rotatable bonds is 5. The van der Waals surface area contributed by atoms with Crippen molar-refractivity contribution in [3.8, 4) is 5.75 Å². The van der Waals surface area contributed by atoms with Crippen molar-refractivity contribution in [1.82, 2.24) is 0 Å². The highest BCUT2D eigenvalue weighted by molar-refractivity contribution is 5.94. The first-order chi connectivity index (χ1) is 10.6. The van der Waals surface area contributed by atoms with Gasteiger partial charge in [-0.3, -0.25) is 4.79 Å². The highest BCUT2D eigenvalue weighted by Gasteiger charge is 2.40. The average molecular weight is 303 g/mol. The number of ether oxygens (including phenoxy) is 1. The lowest BCUT2D eigenvalue weighted by atomic mass is 9.86. The molecule has 2 fully saturated rings. The monoisotopic (exact) mass is 303 g/mol. The molecule has 0 aromatic heterocycles. The van der Waals surface area contributed by atoms with Crippen molar-refractivity contribution in [1.29, 1.82) is 0 Å². The summed E-state index contributed by atoms with van der Waals surface area (Å²) in [6, 6.07) is 4.48. The molecule has 3 rings (SSSR count). The van der Waals surface area contributed by atoms with E-state index in [0.29, 0.717) is 29.7 Å². The summed E-state index contributed by atoms with van der Waals surface area (Å²) in [5.41, 5.74) is 0.670. The van der Waals surface area contributed by atoms with Crippen LogP contribution in [-0.2, 0) is 4.79 Å². The molecule has 2 aliphatic rings. The summed E-state index contributed by atoms with van der Waals surface area (Å²) in [6.07, 6.45) is 5.60. The van der Waals surface area contributed by atoms with Crippen LogP contribution in [-0.4, -0.2) is 24.1 Å². The lowest BCUT2D eigenvalue weighted by Crippen LogP contribution is -2.20. The number of benzene rings is 1. The van der Waals surface area contributed by atoms with E-state index in [2.05, 4.69) is 5.32 Å². The molecule has 1 amide bonds. The molecule has 2 bridgehead atoms. The van der Waals surface area contributed by atoms with Crippen molar-refractivity contribution in [2.75, 3.05) is 12.4 Å². The van der Waals surface area contributed by atoms with E-state index >= 15 is 0 Å². The summed E-state index contributed by atoms with van der Waals surface area (Å²) in [7, 11) is 1.46. The van der Waals surface area contributed by atoms with E-state index in [1.165, 1.54) is 44.9 Å². The molecule has 0 heterocycles. The van der Waals surface area contributed by atoms with Gasteiger partial charge in [0, 0.05) is 6.42 Å². The maximum absolute atomic E-state index is 12.2. The first-order valence-corrected chi connectivity index (χ1v) is 7.78. The summed E-state index contributed by atoms with van der Waals surface area (Å²) in [5, 5.41) is 11.8. The third-order valence-corrected chi connectivity index (χ3v) is 5.05. The maximum atomic E-state index is 12.2. The molecule has 1 aromatic carbocycles. The molecule has 2 saturated carbocycles. The van der Waals surface area contributed by atoms with E-state index in [-0.39, 0.29) is 11.5 Å². The minimum absolute atomic E-state index is 0.0149. The number of anilines is 1. The number of amides is 1. The highest BCUT2D eigenvalue weighted by Crippen LogP contribution is 2.49. The fourth-order valence-corrected chi connectivity index (χ4v) is 3.99. The second kappa shape index (κ2) is 5.99. The molecular formula is C17H21NO4. The molecule has 0 spiro atoms. The predicted octanol–water partition coefficient (Wildman–Crippen LogP) is 3.16. The zero-order valence-electron chi connectivity index (χ0n) is 12.7. The van der Waals surface area contributed by atoms with Gasteiger partial charge in [0.05, 0.1) is 18.4 Å². The normalized spacial score (nSPS) is 26.0. The first-order valence-electron chi connectivity index (χ1n) is 7.78. The quantitative estimate of drug-likeness (QED) is 0.876. The average Bonchev–Trinajstić information content (AvgIpc) is 3.09. The van der Waals surface area contributed by atoms with E-state index in [0.717, 1.165) is 5.92 Å². The number of hydrogen-bond donors (Lipinski definition) is 2. The molecule has 22 heavy (non-hydrogen) atoms. The molecule has 2 aliphatic carbocycles. The third kappa shape index (κ3) is 2.93. The lowest BCUT2D eigenvalue weighted by molar-refractivity contribution is -0.117. The van der Waals surface area contributed by atoms with E-state index < -0.39 is 5.97 Å². The van der Waals surface area contributed by atoms with Crippen LogP contribution in [0.1, 0.15) is 42.5 Å². The molecule has 118 valence electrons. The van der Waals surface area contributed by atoms with Gasteiger partial charge in [0.15, 0.2) is 0 Å². The Balaban J connectivity index is 1.64. The Morgan fingerprint density at radius 1 is 1.32 bits per heavy atom. The fourth-order valence-electron chi connectivity index (χ4n) is 3.99. The number of hydrogen-bond acceptors (Lipinski definition) is 3. The molecule has 3 unspecified atom stereocenters. The largest absolute Gasteiger partial charge is 0.495 e. The standard InChI is InChI=1S/C17H21NO4/c1-22-15-8-12(17(20)21)4-5-14(15)18-16(19)9-13-7-10-2-3-11(13)6-10/h4-5,8,10-11,13H,2-3,6-7,9H2,1H3,(H,18,19)(H,20,21). The van der Waals surface area contributed by atoms with Crippen LogP contribution in [0.5, 0.6) is 5.75 Å². The molecule has 5 nitrogen and oxygen atoms in total. The van der Waals surface area contributed by atoms with Crippen molar-refractivity contribution < 1.29 is 19.4 Å². The SMILES string of the molecule is COc1cc(C(=O)O)ccc1NC(=O)CC1CC2CCC1C2. The van der Waals surface area contributed by atoms with Gasteiger partial charge in [-0.1, -0.05) is 6.42 Å². The summed E-state index contributed by atoms with van der Waals surface area (Å²) in [6.45, 7) is 0. The predicted molar refractivity (Wildman–Crippen MR) is 82.1 cm³/mol. The molecule has 0 saturated heterocycles. The molecule has 5 heteroatoms. The Labute approximate surface area is 129 Å². The minimum Gasteiger partial charge on any atom is -0.495 e. The number of fused-ring (bicyclic) bond motifs is 2. The lowest BCUT2D eigenvalue weighted by Gasteiger charge is -2.21. The molecule has 0 aliphatic heterocycles. The Hall–Kier alpha value is -2.04. The van der Waals surface area contributed by atoms with E-state index in [1.54, 1.807) is 6.07 Å². The van der Waals surface area contributed by atoms with Crippen LogP contribution >= 0.6 is 0 Å². The van der Waals surface area contributed by atoms with E-state index in [1.807, 2.05) is 0 Å². The van der Waals surface area contributed by atoms with Crippen molar-refractivity contribution in [2.24, 2.45) is 17.8 Å².